The van der Waals surface area contributed by atoms with Crippen LogP contribution in [0.2, 0.25) is 0 Å². The summed E-state index contributed by atoms with van der Waals surface area (Å²) in [4.78, 5) is 16.0. The van der Waals surface area contributed by atoms with E-state index in [1.165, 1.54) is 5.56 Å². The quantitative estimate of drug-likeness (QED) is 0.893. The highest BCUT2D eigenvalue weighted by atomic mass is 16.3. The molecule has 1 unspecified atom stereocenters. The summed E-state index contributed by atoms with van der Waals surface area (Å²) in [5.41, 5.74) is 1.32. The summed E-state index contributed by atoms with van der Waals surface area (Å²) >= 11 is 0. The number of piperidine rings is 2. The maximum Gasteiger partial charge on any atom is 0.219 e. The number of aryl methyl sites for hydroxylation is 1. The lowest BCUT2D eigenvalue weighted by atomic mass is 9.87. The van der Waals surface area contributed by atoms with Gasteiger partial charge in [0.05, 0.1) is 6.10 Å². The van der Waals surface area contributed by atoms with Crippen LogP contribution in [0.15, 0.2) is 30.3 Å². The Bertz CT molecular complexity index is 532. The topological polar surface area (TPSA) is 43.8 Å². The number of nitrogens with zero attached hydrogens (tertiary/aromatic N) is 2. The van der Waals surface area contributed by atoms with Crippen LogP contribution in [0.1, 0.15) is 44.6 Å². The van der Waals surface area contributed by atoms with E-state index in [2.05, 4.69) is 29.2 Å². The van der Waals surface area contributed by atoms with E-state index >= 15 is 0 Å². The number of hydrogen-bond donors (Lipinski definition) is 1. The second kappa shape index (κ2) is 8.81. The van der Waals surface area contributed by atoms with Crippen molar-refractivity contribution in [3.05, 3.63) is 35.9 Å². The third-order valence-electron chi connectivity index (χ3n) is 6.12. The van der Waals surface area contributed by atoms with Gasteiger partial charge in [-0.2, -0.15) is 0 Å². The zero-order chi connectivity index (χ0) is 17.6. The molecule has 2 aliphatic heterocycles. The van der Waals surface area contributed by atoms with E-state index in [0.29, 0.717) is 12.0 Å². The molecule has 1 atom stereocenters. The van der Waals surface area contributed by atoms with Crippen LogP contribution >= 0.6 is 0 Å². The van der Waals surface area contributed by atoms with Crippen molar-refractivity contribution in [2.45, 2.75) is 57.6 Å². The average Bonchev–Trinajstić information content (AvgIpc) is 2.67. The van der Waals surface area contributed by atoms with Crippen LogP contribution in [0, 0.1) is 5.92 Å². The van der Waals surface area contributed by atoms with Gasteiger partial charge in [0.2, 0.25) is 5.91 Å². The fourth-order valence-corrected chi connectivity index (χ4v) is 4.41. The molecule has 4 nitrogen and oxygen atoms in total. The lowest BCUT2D eigenvalue weighted by Crippen LogP contribution is -2.49. The smallest absolute Gasteiger partial charge is 0.219 e. The molecule has 3 rings (SSSR count). The molecule has 1 amide bonds. The van der Waals surface area contributed by atoms with Crippen LogP contribution in [0.25, 0.3) is 0 Å². The van der Waals surface area contributed by atoms with Gasteiger partial charge in [0, 0.05) is 26.1 Å². The van der Waals surface area contributed by atoms with Crippen LogP contribution < -0.4 is 0 Å². The standard InChI is InChI=1S/C21H32N2O2/c1-17(24)22-15-11-20(12-16-22)23-13-9-19(10-14-23)21(25)8-7-18-5-3-2-4-6-18/h2-6,19-21,25H,7-16H2,1H3. The number of carbonyl (C=O) groups excluding carboxylic acids is 1. The van der Waals surface area contributed by atoms with E-state index in [1.54, 1.807) is 6.92 Å². The van der Waals surface area contributed by atoms with Gasteiger partial charge in [-0.05, 0) is 63.1 Å². The van der Waals surface area contributed by atoms with E-state index in [9.17, 15) is 9.90 Å². The van der Waals surface area contributed by atoms with Gasteiger partial charge in [0.25, 0.3) is 0 Å². The average molecular weight is 344 g/mol. The molecule has 1 N–H and O–H groups in total. The number of benzene rings is 1. The summed E-state index contributed by atoms with van der Waals surface area (Å²) < 4.78 is 0. The second-order valence-corrected chi connectivity index (χ2v) is 7.70. The minimum absolute atomic E-state index is 0.179. The lowest BCUT2D eigenvalue weighted by Gasteiger charge is -2.42. The largest absolute Gasteiger partial charge is 0.393 e. The Morgan fingerprint density at radius 2 is 1.72 bits per heavy atom. The van der Waals surface area contributed by atoms with Gasteiger partial charge in [0.1, 0.15) is 0 Å². The van der Waals surface area contributed by atoms with Crippen molar-refractivity contribution < 1.29 is 9.90 Å². The molecule has 0 saturated carbocycles. The molecule has 25 heavy (non-hydrogen) atoms. The third-order valence-corrected chi connectivity index (χ3v) is 6.12. The predicted molar refractivity (Wildman–Crippen MR) is 100 cm³/mol. The highest BCUT2D eigenvalue weighted by molar-refractivity contribution is 5.73. The summed E-state index contributed by atoms with van der Waals surface area (Å²) in [6.07, 6.45) is 6.05. The maximum atomic E-state index is 11.4. The van der Waals surface area contributed by atoms with Crippen LogP contribution in [0.5, 0.6) is 0 Å². The molecule has 4 heteroatoms. The molecule has 1 aromatic carbocycles. The first kappa shape index (κ1) is 18.4. The Balaban J connectivity index is 1.39. The van der Waals surface area contributed by atoms with E-state index in [4.69, 9.17) is 0 Å². The van der Waals surface area contributed by atoms with E-state index in [1.807, 2.05) is 11.0 Å². The molecule has 2 fully saturated rings. The SMILES string of the molecule is CC(=O)N1CCC(N2CCC(C(O)CCc3ccccc3)CC2)CC1. The number of aliphatic hydroxyl groups excluding tert-OH is 1. The summed E-state index contributed by atoms with van der Waals surface area (Å²) in [5, 5.41) is 10.6. The number of aliphatic hydroxyl groups is 1. The molecule has 1 aromatic rings. The Morgan fingerprint density at radius 1 is 1.08 bits per heavy atom. The fourth-order valence-electron chi connectivity index (χ4n) is 4.41. The molecule has 0 aliphatic carbocycles. The molecule has 2 saturated heterocycles. The van der Waals surface area contributed by atoms with Gasteiger partial charge in [-0.3, -0.25) is 4.79 Å². The lowest BCUT2D eigenvalue weighted by molar-refractivity contribution is -0.130. The Morgan fingerprint density at radius 3 is 2.32 bits per heavy atom. The van der Waals surface area contributed by atoms with Crippen molar-refractivity contribution in [2.75, 3.05) is 26.2 Å². The molecular formula is C21H32N2O2. The Labute approximate surface area is 151 Å². The van der Waals surface area contributed by atoms with Gasteiger partial charge in [-0.1, -0.05) is 30.3 Å². The Kier molecular flexibility index (Phi) is 6.49. The number of amides is 1. The number of rotatable bonds is 5. The highest BCUT2D eigenvalue weighted by Gasteiger charge is 2.30. The van der Waals surface area contributed by atoms with Crippen molar-refractivity contribution >= 4 is 5.91 Å². The van der Waals surface area contributed by atoms with Crippen LogP contribution in [0.3, 0.4) is 0 Å². The minimum atomic E-state index is -0.179. The molecule has 138 valence electrons. The number of likely N-dealkylation sites (tertiary alicyclic amines) is 2. The molecule has 2 heterocycles. The first-order valence-corrected chi connectivity index (χ1v) is 9.85. The monoisotopic (exact) mass is 344 g/mol. The predicted octanol–water partition coefficient (Wildman–Crippen LogP) is 2.70. The van der Waals surface area contributed by atoms with Crippen LogP contribution in [0.4, 0.5) is 0 Å². The highest BCUT2D eigenvalue weighted by Crippen LogP contribution is 2.27. The Hall–Kier alpha value is -1.39. The molecule has 0 spiro atoms. The number of carbonyl (C=O) groups is 1. The zero-order valence-corrected chi connectivity index (χ0v) is 15.4. The van der Waals surface area contributed by atoms with Gasteiger partial charge in [0.15, 0.2) is 0 Å². The first-order chi connectivity index (χ1) is 12.1. The minimum Gasteiger partial charge on any atom is -0.393 e. The molecule has 0 aromatic heterocycles. The van der Waals surface area contributed by atoms with Crippen molar-refractivity contribution in [2.24, 2.45) is 5.92 Å². The summed E-state index contributed by atoms with van der Waals surface area (Å²) in [6, 6.07) is 11.1. The normalized spacial score (nSPS) is 22.1. The molecular weight excluding hydrogens is 312 g/mol. The van der Waals surface area contributed by atoms with E-state index in [-0.39, 0.29) is 12.0 Å². The number of hydrogen-bond acceptors (Lipinski definition) is 3. The molecule has 2 aliphatic rings. The van der Waals surface area contributed by atoms with Crippen LogP contribution in [-0.2, 0) is 11.2 Å². The summed E-state index contributed by atoms with van der Waals surface area (Å²) in [6.45, 7) is 5.66. The van der Waals surface area contributed by atoms with Crippen molar-refractivity contribution in [3.8, 4) is 0 Å². The van der Waals surface area contributed by atoms with E-state index < -0.39 is 0 Å². The van der Waals surface area contributed by atoms with Crippen LogP contribution in [-0.4, -0.2) is 59.1 Å². The fraction of sp³-hybridized carbons (Fsp3) is 0.667. The van der Waals surface area contributed by atoms with E-state index in [0.717, 1.165) is 64.7 Å². The van der Waals surface area contributed by atoms with Gasteiger partial charge in [-0.15, -0.1) is 0 Å². The molecule has 0 bridgehead atoms. The zero-order valence-electron chi connectivity index (χ0n) is 15.4. The van der Waals surface area contributed by atoms with Gasteiger partial charge < -0.3 is 14.9 Å². The third kappa shape index (κ3) is 5.05. The van der Waals surface area contributed by atoms with Crippen molar-refractivity contribution in [1.82, 2.24) is 9.80 Å². The summed E-state index contributed by atoms with van der Waals surface area (Å²) in [5.74, 6) is 0.649. The molecule has 0 radical (unpaired) electrons. The second-order valence-electron chi connectivity index (χ2n) is 7.70. The maximum absolute atomic E-state index is 11.4. The summed E-state index contributed by atoms with van der Waals surface area (Å²) in [7, 11) is 0. The van der Waals surface area contributed by atoms with Gasteiger partial charge in [-0.25, -0.2) is 0 Å². The van der Waals surface area contributed by atoms with Gasteiger partial charge >= 0.3 is 0 Å². The van der Waals surface area contributed by atoms with Crippen molar-refractivity contribution in [1.29, 1.82) is 0 Å². The van der Waals surface area contributed by atoms with Crippen molar-refractivity contribution in [3.63, 3.8) is 0 Å². The first-order valence-electron chi connectivity index (χ1n) is 9.85.